The Hall–Kier alpha value is -2.50. The lowest BCUT2D eigenvalue weighted by molar-refractivity contribution is -0.214. The molecule has 2 amide bonds. The van der Waals surface area contributed by atoms with E-state index in [0.717, 1.165) is 18.7 Å². The van der Waals surface area contributed by atoms with Crippen molar-refractivity contribution in [3.05, 3.63) is 29.7 Å². The van der Waals surface area contributed by atoms with Crippen LogP contribution in [0, 0.1) is 5.41 Å². The van der Waals surface area contributed by atoms with E-state index < -0.39 is 42.7 Å². The highest BCUT2D eigenvalue weighted by molar-refractivity contribution is 5.75. The van der Waals surface area contributed by atoms with Crippen LogP contribution in [0.15, 0.2) is 18.5 Å². The van der Waals surface area contributed by atoms with Gasteiger partial charge in [-0.15, -0.1) is 0 Å². The van der Waals surface area contributed by atoms with Gasteiger partial charge in [-0.25, -0.2) is 23.1 Å². The molecule has 0 radical (unpaired) electrons. The second-order valence-electron chi connectivity index (χ2n) is 8.23. The molecule has 30 heavy (non-hydrogen) atoms. The molecule has 0 aliphatic carbocycles. The molecular formula is C18H23F5N6O. The standard InChI is InChI=1S/C18H23F5N6O/c1-16(2,18(21,22)23)4-3-12(24)13-8-29-14(27-13)5-11(6-26-29)7-28-10-17(19,20)9-25-15(28)30/h5-6,8,12H,3-4,7,9-10,24H2,1-2H3,(H,25,30)/t12-/m0/s1. The Kier molecular flexibility index (Phi) is 5.65. The minimum atomic E-state index is -4.33. The molecule has 1 atom stereocenters. The van der Waals surface area contributed by atoms with Crippen LogP contribution in [0.4, 0.5) is 26.7 Å². The maximum Gasteiger partial charge on any atom is 0.393 e. The molecule has 0 saturated carbocycles. The Bertz CT molecular complexity index is 925. The van der Waals surface area contributed by atoms with Gasteiger partial charge in [-0.2, -0.15) is 18.3 Å². The number of hydrogen-bond acceptors (Lipinski definition) is 4. The number of nitrogens with two attached hydrogens (primary N) is 1. The minimum absolute atomic E-state index is 0.0757. The summed E-state index contributed by atoms with van der Waals surface area (Å²) in [5.74, 6) is -3.02. The summed E-state index contributed by atoms with van der Waals surface area (Å²) in [7, 11) is 0. The summed E-state index contributed by atoms with van der Waals surface area (Å²) in [5.41, 5.74) is 5.38. The first kappa shape index (κ1) is 22.2. The number of carbonyl (C=O) groups excluding carboxylic acids is 1. The molecule has 166 valence electrons. The fraction of sp³-hybridized carbons (Fsp3) is 0.611. The van der Waals surface area contributed by atoms with Gasteiger partial charge in [0.05, 0.1) is 36.6 Å². The summed E-state index contributed by atoms with van der Waals surface area (Å²) in [4.78, 5) is 17.1. The van der Waals surface area contributed by atoms with Gasteiger partial charge in [0.15, 0.2) is 5.65 Å². The highest BCUT2D eigenvalue weighted by Crippen LogP contribution is 2.42. The highest BCUT2D eigenvalue weighted by atomic mass is 19.4. The van der Waals surface area contributed by atoms with E-state index in [9.17, 15) is 26.7 Å². The molecule has 2 aromatic rings. The molecular weight excluding hydrogens is 411 g/mol. The normalized spacial score (nSPS) is 18.5. The second kappa shape index (κ2) is 7.64. The van der Waals surface area contributed by atoms with Gasteiger partial charge in [0.25, 0.3) is 5.92 Å². The summed E-state index contributed by atoms with van der Waals surface area (Å²) in [5, 5.41) is 6.27. The third-order valence-electron chi connectivity index (χ3n) is 5.20. The molecule has 1 aliphatic heterocycles. The zero-order valence-electron chi connectivity index (χ0n) is 16.5. The average Bonchev–Trinajstić information content (AvgIpc) is 3.05. The van der Waals surface area contributed by atoms with E-state index in [4.69, 9.17) is 5.73 Å². The number of amides is 2. The van der Waals surface area contributed by atoms with Gasteiger partial charge in [-0.3, -0.25) is 0 Å². The van der Waals surface area contributed by atoms with Gasteiger partial charge in [0.2, 0.25) is 0 Å². The first-order valence-corrected chi connectivity index (χ1v) is 9.35. The van der Waals surface area contributed by atoms with Gasteiger partial charge in [0, 0.05) is 12.6 Å². The molecule has 1 aliphatic rings. The Morgan fingerprint density at radius 1 is 1.33 bits per heavy atom. The van der Waals surface area contributed by atoms with Gasteiger partial charge in [-0.1, -0.05) is 13.8 Å². The van der Waals surface area contributed by atoms with Crippen LogP contribution in [0.1, 0.15) is 44.0 Å². The number of aromatic nitrogens is 3. The number of urea groups is 1. The number of hydrogen-bond donors (Lipinski definition) is 2. The summed E-state index contributed by atoms with van der Waals surface area (Å²) < 4.78 is 67.5. The fourth-order valence-corrected chi connectivity index (χ4v) is 3.08. The summed E-state index contributed by atoms with van der Waals surface area (Å²) >= 11 is 0. The number of imidazole rings is 1. The Morgan fingerprint density at radius 3 is 2.70 bits per heavy atom. The first-order chi connectivity index (χ1) is 13.8. The van der Waals surface area contributed by atoms with E-state index in [1.807, 2.05) is 0 Å². The van der Waals surface area contributed by atoms with Crippen LogP contribution in [-0.4, -0.2) is 50.7 Å². The zero-order valence-corrected chi connectivity index (χ0v) is 16.5. The zero-order chi connectivity index (χ0) is 22.3. The smallest absolute Gasteiger partial charge is 0.332 e. The van der Waals surface area contributed by atoms with Gasteiger partial charge in [0.1, 0.15) is 0 Å². The monoisotopic (exact) mass is 434 g/mol. The number of rotatable bonds is 6. The lowest BCUT2D eigenvalue weighted by Gasteiger charge is -2.32. The minimum Gasteiger partial charge on any atom is -0.332 e. The van der Waals surface area contributed by atoms with E-state index in [2.05, 4.69) is 15.4 Å². The van der Waals surface area contributed by atoms with E-state index in [0.29, 0.717) is 16.9 Å². The van der Waals surface area contributed by atoms with E-state index >= 15 is 0 Å². The summed E-state index contributed by atoms with van der Waals surface area (Å²) in [6, 6.07) is 0.255. The summed E-state index contributed by atoms with van der Waals surface area (Å²) in [6.07, 6.45) is -1.49. The van der Waals surface area contributed by atoms with Crippen molar-refractivity contribution in [3.8, 4) is 0 Å². The number of carbonyl (C=O) groups is 1. The second-order valence-corrected chi connectivity index (χ2v) is 8.23. The van der Waals surface area contributed by atoms with Crippen LogP contribution < -0.4 is 11.1 Å². The molecule has 1 fully saturated rings. The molecule has 0 spiro atoms. The topological polar surface area (TPSA) is 88.5 Å². The largest absolute Gasteiger partial charge is 0.393 e. The molecule has 3 rings (SSSR count). The molecule has 12 heteroatoms. The van der Waals surface area contributed by atoms with Crippen molar-refractivity contribution in [2.24, 2.45) is 11.1 Å². The molecule has 0 aromatic carbocycles. The quantitative estimate of drug-likeness (QED) is 0.684. The molecule has 1 saturated heterocycles. The van der Waals surface area contributed by atoms with Crippen LogP contribution in [0.25, 0.3) is 5.65 Å². The predicted molar refractivity (Wildman–Crippen MR) is 97.7 cm³/mol. The van der Waals surface area contributed by atoms with Gasteiger partial charge in [-0.05, 0) is 24.5 Å². The van der Waals surface area contributed by atoms with Crippen LogP contribution >= 0.6 is 0 Å². The van der Waals surface area contributed by atoms with Gasteiger partial charge >= 0.3 is 12.2 Å². The van der Waals surface area contributed by atoms with Crippen molar-refractivity contribution in [3.63, 3.8) is 0 Å². The van der Waals surface area contributed by atoms with Crippen LogP contribution in [0.3, 0.4) is 0 Å². The molecule has 2 aromatic heterocycles. The van der Waals surface area contributed by atoms with Crippen LogP contribution in [0.5, 0.6) is 0 Å². The third-order valence-corrected chi connectivity index (χ3v) is 5.20. The molecule has 0 bridgehead atoms. The Morgan fingerprint density at radius 2 is 2.03 bits per heavy atom. The molecule has 3 N–H and O–H groups in total. The maximum atomic E-state index is 13.5. The van der Waals surface area contributed by atoms with Gasteiger partial charge < -0.3 is 16.0 Å². The molecule has 0 unspecified atom stereocenters. The molecule has 7 nitrogen and oxygen atoms in total. The van der Waals surface area contributed by atoms with Crippen molar-refractivity contribution >= 4 is 11.7 Å². The number of nitrogens with one attached hydrogen (secondary N) is 1. The average molecular weight is 434 g/mol. The lowest BCUT2D eigenvalue weighted by atomic mass is 9.85. The van der Waals surface area contributed by atoms with Crippen molar-refractivity contribution in [2.75, 3.05) is 13.1 Å². The Labute approximate surface area is 169 Å². The van der Waals surface area contributed by atoms with Crippen molar-refractivity contribution in [1.82, 2.24) is 24.8 Å². The first-order valence-electron chi connectivity index (χ1n) is 9.35. The number of alkyl halides is 5. The van der Waals surface area contributed by atoms with E-state index in [1.165, 1.54) is 16.9 Å². The number of halogens is 5. The SMILES string of the molecule is CC(C)(CC[C@H](N)c1cn2ncc(CN3CC(F)(F)CNC3=O)cc2n1)C(F)(F)F. The fourth-order valence-electron chi connectivity index (χ4n) is 3.08. The Balaban J connectivity index is 1.70. The highest BCUT2D eigenvalue weighted by Gasteiger charge is 2.46. The van der Waals surface area contributed by atoms with Crippen molar-refractivity contribution < 1.29 is 26.7 Å². The van der Waals surface area contributed by atoms with E-state index in [-0.39, 0.29) is 19.4 Å². The van der Waals surface area contributed by atoms with E-state index in [1.54, 1.807) is 6.07 Å². The predicted octanol–water partition coefficient (Wildman–Crippen LogP) is 3.26. The number of fused-ring (bicyclic) bond motifs is 1. The lowest BCUT2D eigenvalue weighted by Crippen LogP contribution is -2.56. The van der Waals surface area contributed by atoms with Crippen LogP contribution in [-0.2, 0) is 6.54 Å². The third kappa shape index (κ3) is 4.79. The summed E-state index contributed by atoms with van der Waals surface area (Å²) in [6.45, 7) is 0.754. The maximum absolute atomic E-state index is 13.5. The van der Waals surface area contributed by atoms with Crippen molar-refractivity contribution in [2.45, 2.75) is 51.4 Å². The van der Waals surface area contributed by atoms with Crippen LogP contribution in [0.2, 0.25) is 0 Å². The number of nitrogens with zero attached hydrogens (tertiary/aromatic N) is 4. The molecule has 3 heterocycles. The van der Waals surface area contributed by atoms with Crippen molar-refractivity contribution in [1.29, 1.82) is 0 Å².